The molecule has 17 heavy (non-hydrogen) atoms. The quantitative estimate of drug-likeness (QED) is 0.701. The van der Waals surface area contributed by atoms with Gasteiger partial charge in [0.25, 0.3) is 0 Å². The van der Waals surface area contributed by atoms with Crippen LogP contribution >= 0.6 is 0 Å². The number of likely N-dealkylation sites (N-methyl/N-ethyl adjacent to an activating group) is 1. The standard InChI is InChI=1S/C12H26N4O/c1-4-11(13)12(17)16-9-7-15(8-10-16)6-5-14(2)3/h11H,4-10,13H2,1-3H3/t11-/m0/s1. The Morgan fingerprint density at radius 2 is 1.88 bits per heavy atom. The third-order valence-electron chi connectivity index (χ3n) is 3.30. The van der Waals surface area contributed by atoms with E-state index in [-0.39, 0.29) is 11.9 Å². The van der Waals surface area contributed by atoms with E-state index in [1.54, 1.807) is 0 Å². The average Bonchev–Trinajstić information content (AvgIpc) is 2.35. The molecule has 2 N–H and O–H groups in total. The average molecular weight is 242 g/mol. The van der Waals surface area contributed by atoms with E-state index in [4.69, 9.17) is 5.73 Å². The summed E-state index contributed by atoms with van der Waals surface area (Å²) in [6.45, 7) is 7.68. The number of nitrogens with zero attached hydrogens (tertiary/aromatic N) is 3. The van der Waals surface area contributed by atoms with Crippen LogP contribution in [-0.4, -0.2) is 80.0 Å². The molecule has 0 aromatic rings. The molecular weight excluding hydrogens is 216 g/mol. The fourth-order valence-corrected chi connectivity index (χ4v) is 1.94. The molecule has 1 rings (SSSR count). The number of hydrogen-bond donors (Lipinski definition) is 1. The van der Waals surface area contributed by atoms with Crippen molar-refractivity contribution in [3.05, 3.63) is 0 Å². The number of hydrogen-bond acceptors (Lipinski definition) is 4. The molecule has 1 heterocycles. The fraction of sp³-hybridized carbons (Fsp3) is 0.917. The summed E-state index contributed by atoms with van der Waals surface area (Å²) < 4.78 is 0. The molecule has 0 spiro atoms. The lowest BCUT2D eigenvalue weighted by Gasteiger charge is -2.36. The molecule has 1 aliphatic heterocycles. The Labute approximate surface area is 105 Å². The van der Waals surface area contributed by atoms with Gasteiger partial charge in [-0.2, -0.15) is 0 Å². The Bertz CT molecular complexity index is 237. The van der Waals surface area contributed by atoms with E-state index < -0.39 is 0 Å². The van der Waals surface area contributed by atoms with E-state index in [0.29, 0.717) is 0 Å². The van der Waals surface area contributed by atoms with Crippen LogP contribution in [-0.2, 0) is 4.79 Å². The van der Waals surface area contributed by atoms with E-state index in [9.17, 15) is 4.79 Å². The van der Waals surface area contributed by atoms with Gasteiger partial charge in [-0.15, -0.1) is 0 Å². The lowest BCUT2D eigenvalue weighted by atomic mass is 10.2. The highest BCUT2D eigenvalue weighted by molar-refractivity contribution is 5.81. The zero-order chi connectivity index (χ0) is 12.8. The minimum atomic E-state index is -0.316. The van der Waals surface area contributed by atoms with Crippen LogP contribution in [0.15, 0.2) is 0 Å². The third-order valence-corrected chi connectivity index (χ3v) is 3.30. The summed E-state index contributed by atoms with van der Waals surface area (Å²) in [6, 6.07) is -0.316. The summed E-state index contributed by atoms with van der Waals surface area (Å²) >= 11 is 0. The molecular formula is C12H26N4O. The molecule has 1 saturated heterocycles. The van der Waals surface area contributed by atoms with Gasteiger partial charge in [0.2, 0.25) is 5.91 Å². The van der Waals surface area contributed by atoms with Crippen LogP contribution in [0.2, 0.25) is 0 Å². The zero-order valence-corrected chi connectivity index (χ0v) is 11.4. The predicted octanol–water partition coefficient (Wildman–Crippen LogP) is -0.570. The molecule has 1 amide bonds. The van der Waals surface area contributed by atoms with Gasteiger partial charge in [0.1, 0.15) is 0 Å². The molecule has 1 atom stereocenters. The Hall–Kier alpha value is -0.650. The van der Waals surface area contributed by atoms with Crippen molar-refractivity contribution < 1.29 is 4.79 Å². The summed E-state index contributed by atoms with van der Waals surface area (Å²) in [5.74, 6) is 0.111. The summed E-state index contributed by atoms with van der Waals surface area (Å²) in [7, 11) is 4.17. The van der Waals surface area contributed by atoms with E-state index in [0.717, 1.165) is 45.7 Å². The first-order chi connectivity index (χ1) is 8.04. The lowest BCUT2D eigenvalue weighted by molar-refractivity contribution is -0.134. The van der Waals surface area contributed by atoms with Crippen LogP contribution in [0, 0.1) is 0 Å². The molecule has 0 aromatic carbocycles. The van der Waals surface area contributed by atoms with Crippen molar-refractivity contribution in [1.29, 1.82) is 0 Å². The van der Waals surface area contributed by atoms with E-state index in [2.05, 4.69) is 23.9 Å². The summed E-state index contributed by atoms with van der Waals surface area (Å²) in [5, 5.41) is 0. The van der Waals surface area contributed by atoms with Crippen LogP contribution in [0.25, 0.3) is 0 Å². The zero-order valence-electron chi connectivity index (χ0n) is 11.4. The molecule has 0 aromatic heterocycles. The van der Waals surface area contributed by atoms with Gasteiger partial charge in [-0.25, -0.2) is 0 Å². The van der Waals surface area contributed by atoms with Gasteiger partial charge in [0, 0.05) is 39.3 Å². The first-order valence-electron chi connectivity index (χ1n) is 6.46. The highest BCUT2D eigenvalue weighted by Gasteiger charge is 2.23. The number of amides is 1. The number of piperazine rings is 1. The van der Waals surface area contributed by atoms with Gasteiger partial charge < -0.3 is 15.5 Å². The van der Waals surface area contributed by atoms with Crippen molar-refractivity contribution in [2.75, 3.05) is 53.4 Å². The van der Waals surface area contributed by atoms with E-state index in [1.165, 1.54) is 0 Å². The van der Waals surface area contributed by atoms with Crippen molar-refractivity contribution in [1.82, 2.24) is 14.7 Å². The van der Waals surface area contributed by atoms with Crippen molar-refractivity contribution in [3.63, 3.8) is 0 Å². The van der Waals surface area contributed by atoms with E-state index in [1.807, 2.05) is 11.8 Å². The largest absolute Gasteiger partial charge is 0.339 e. The van der Waals surface area contributed by atoms with Crippen LogP contribution in [0.4, 0.5) is 0 Å². The summed E-state index contributed by atoms with van der Waals surface area (Å²) in [6.07, 6.45) is 0.722. The summed E-state index contributed by atoms with van der Waals surface area (Å²) in [4.78, 5) is 18.4. The maximum Gasteiger partial charge on any atom is 0.239 e. The molecule has 5 nitrogen and oxygen atoms in total. The number of carbonyl (C=O) groups excluding carboxylic acids is 1. The molecule has 5 heteroatoms. The Morgan fingerprint density at radius 3 is 2.35 bits per heavy atom. The molecule has 0 unspecified atom stereocenters. The van der Waals surface area contributed by atoms with Gasteiger partial charge in [0.05, 0.1) is 6.04 Å². The van der Waals surface area contributed by atoms with Crippen LogP contribution < -0.4 is 5.73 Å². The maximum atomic E-state index is 11.9. The predicted molar refractivity (Wildman–Crippen MR) is 69.8 cm³/mol. The minimum absolute atomic E-state index is 0.111. The second-order valence-corrected chi connectivity index (χ2v) is 4.98. The molecule has 1 aliphatic rings. The molecule has 100 valence electrons. The molecule has 0 aliphatic carbocycles. The lowest BCUT2D eigenvalue weighted by Crippen LogP contribution is -2.53. The molecule has 0 radical (unpaired) electrons. The molecule has 0 saturated carbocycles. The second-order valence-electron chi connectivity index (χ2n) is 4.98. The second kappa shape index (κ2) is 6.93. The normalized spacial score (nSPS) is 19.7. The Morgan fingerprint density at radius 1 is 1.29 bits per heavy atom. The van der Waals surface area contributed by atoms with Crippen LogP contribution in [0.1, 0.15) is 13.3 Å². The number of nitrogens with two attached hydrogens (primary N) is 1. The highest BCUT2D eigenvalue weighted by atomic mass is 16.2. The van der Waals surface area contributed by atoms with Crippen LogP contribution in [0.3, 0.4) is 0 Å². The van der Waals surface area contributed by atoms with Crippen LogP contribution in [0.5, 0.6) is 0 Å². The van der Waals surface area contributed by atoms with Crippen molar-refractivity contribution in [2.24, 2.45) is 5.73 Å². The van der Waals surface area contributed by atoms with Gasteiger partial charge >= 0.3 is 0 Å². The summed E-state index contributed by atoms with van der Waals surface area (Å²) in [5.41, 5.74) is 5.77. The van der Waals surface area contributed by atoms with Crippen molar-refractivity contribution >= 4 is 5.91 Å². The van der Waals surface area contributed by atoms with E-state index >= 15 is 0 Å². The fourth-order valence-electron chi connectivity index (χ4n) is 1.94. The maximum absolute atomic E-state index is 11.9. The molecule has 1 fully saturated rings. The van der Waals surface area contributed by atoms with Crippen molar-refractivity contribution in [2.45, 2.75) is 19.4 Å². The monoisotopic (exact) mass is 242 g/mol. The third kappa shape index (κ3) is 4.61. The van der Waals surface area contributed by atoms with Gasteiger partial charge in [-0.3, -0.25) is 9.69 Å². The SMILES string of the molecule is CC[C@H](N)C(=O)N1CCN(CCN(C)C)CC1. The highest BCUT2D eigenvalue weighted by Crippen LogP contribution is 2.04. The molecule has 0 bridgehead atoms. The Kier molecular flexibility index (Phi) is 5.88. The first kappa shape index (κ1) is 14.4. The topological polar surface area (TPSA) is 52.8 Å². The first-order valence-corrected chi connectivity index (χ1v) is 6.46. The smallest absolute Gasteiger partial charge is 0.239 e. The Balaban J connectivity index is 2.28. The van der Waals surface area contributed by atoms with Gasteiger partial charge in [0.15, 0.2) is 0 Å². The van der Waals surface area contributed by atoms with Gasteiger partial charge in [-0.05, 0) is 20.5 Å². The number of rotatable bonds is 5. The van der Waals surface area contributed by atoms with Gasteiger partial charge in [-0.1, -0.05) is 6.92 Å². The minimum Gasteiger partial charge on any atom is -0.339 e. The number of carbonyl (C=O) groups is 1. The van der Waals surface area contributed by atoms with Crippen molar-refractivity contribution in [3.8, 4) is 0 Å².